The minimum Gasteiger partial charge on any atom is -0.383 e. The first-order valence-corrected chi connectivity index (χ1v) is 7.22. The molecule has 0 spiro atoms. The molecule has 19 heavy (non-hydrogen) atoms. The maximum Gasteiger partial charge on any atom is 0.00556 e. The molecule has 0 heterocycles. The molecule has 0 bridgehead atoms. The predicted octanol–water partition coefficient (Wildman–Crippen LogP) is 4.28. The fourth-order valence-corrected chi connectivity index (χ4v) is 2.67. The molecule has 0 N–H and O–H groups in total. The van der Waals surface area contributed by atoms with Crippen LogP contribution in [0.25, 0.3) is 0 Å². The number of hydrogen-bond donors (Lipinski definition) is 0. The molecule has 1 aliphatic carbocycles. The average Bonchev–Trinajstić information content (AvgIpc) is 2.35. The first-order chi connectivity index (χ1) is 9.15. The second-order valence-electron chi connectivity index (χ2n) is 5.91. The lowest BCUT2D eigenvalue weighted by atomic mass is 9.69. The summed E-state index contributed by atoms with van der Waals surface area (Å²) in [4.78, 5) is 2.07. The van der Waals surface area contributed by atoms with Crippen molar-refractivity contribution in [1.29, 1.82) is 0 Å². The molecule has 1 saturated carbocycles. The molecule has 0 amide bonds. The van der Waals surface area contributed by atoms with Gasteiger partial charge in [-0.2, -0.15) is 0 Å². The third-order valence-corrected chi connectivity index (χ3v) is 4.03. The molecule has 0 saturated heterocycles. The maximum absolute atomic E-state index is 4.19. The average molecular weight is 255 g/mol. The molecule has 1 aromatic rings. The summed E-state index contributed by atoms with van der Waals surface area (Å²) in [6.07, 6.45) is 9.45. The van der Waals surface area contributed by atoms with Crippen molar-refractivity contribution in [2.75, 3.05) is 14.1 Å². The van der Waals surface area contributed by atoms with E-state index >= 15 is 0 Å². The van der Waals surface area contributed by atoms with Crippen LogP contribution in [0.15, 0.2) is 54.8 Å². The minimum absolute atomic E-state index is 0.719. The highest BCUT2D eigenvalue weighted by Crippen LogP contribution is 2.41. The monoisotopic (exact) mass is 255 g/mol. The van der Waals surface area contributed by atoms with Crippen LogP contribution in [0.4, 0.5) is 0 Å². The summed E-state index contributed by atoms with van der Waals surface area (Å²) in [5, 5.41) is 0. The highest BCUT2D eigenvalue weighted by molar-refractivity contribution is 5.20. The minimum atomic E-state index is 0.719. The number of rotatable bonds is 6. The molecule has 0 aliphatic heterocycles. The zero-order chi connectivity index (χ0) is 13.7. The Balaban J connectivity index is 1.68. The Morgan fingerprint density at radius 1 is 1.26 bits per heavy atom. The van der Waals surface area contributed by atoms with Gasteiger partial charge in [0, 0.05) is 14.1 Å². The van der Waals surface area contributed by atoms with Crippen LogP contribution in [0.1, 0.15) is 24.8 Å². The molecule has 0 atom stereocenters. The summed E-state index contributed by atoms with van der Waals surface area (Å²) in [6, 6.07) is 10.8. The van der Waals surface area contributed by atoms with Crippen molar-refractivity contribution in [3.8, 4) is 0 Å². The lowest BCUT2D eigenvalue weighted by Gasteiger charge is -2.36. The van der Waals surface area contributed by atoms with Crippen LogP contribution >= 0.6 is 0 Å². The fraction of sp³-hybridized carbons (Fsp3) is 0.444. The Morgan fingerprint density at radius 2 is 1.95 bits per heavy atom. The molecule has 1 aliphatic rings. The summed E-state index contributed by atoms with van der Waals surface area (Å²) in [6.45, 7) is 4.19. The number of nitrogens with zero attached hydrogens (tertiary/aromatic N) is 1. The van der Waals surface area contributed by atoms with Crippen LogP contribution in [-0.2, 0) is 6.42 Å². The van der Waals surface area contributed by atoms with Gasteiger partial charge in [-0.15, -0.1) is 0 Å². The largest absolute Gasteiger partial charge is 0.383 e. The molecule has 1 nitrogen and oxygen atoms in total. The fourth-order valence-electron chi connectivity index (χ4n) is 2.67. The van der Waals surface area contributed by atoms with Gasteiger partial charge in [0.05, 0.1) is 0 Å². The van der Waals surface area contributed by atoms with E-state index in [1.165, 1.54) is 36.8 Å². The molecule has 1 aromatic carbocycles. The third-order valence-electron chi connectivity index (χ3n) is 4.03. The normalized spacial score (nSPS) is 22.2. The third kappa shape index (κ3) is 4.27. The number of hydrogen-bond acceptors (Lipinski definition) is 1. The zero-order valence-electron chi connectivity index (χ0n) is 12.2. The summed E-state index contributed by atoms with van der Waals surface area (Å²) in [5.74, 6) is 1.62. The first kappa shape index (κ1) is 13.9. The van der Waals surface area contributed by atoms with Crippen LogP contribution in [0.2, 0.25) is 0 Å². The van der Waals surface area contributed by atoms with E-state index in [0.717, 1.165) is 11.8 Å². The van der Waals surface area contributed by atoms with Gasteiger partial charge in [-0.1, -0.05) is 42.5 Å². The highest BCUT2D eigenvalue weighted by Gasteiger charge is 2.29. The maximum atomic E-state index is 4.19. The Hall–Kier alpha value is -1.50. The summed E-state index contributed by atoms with van der Waals surface area (Å²) < 4.78 is 0. The summed E-state index contributed by atoms with van der Waals surface area (Å²) in [7, 11) is 4.10. The van der Waals surface area contributed by atoms with E-state index in [2.05, 4.69) is 54.1 Å². The molecular weight excluding hydrogens is 230 g/mol. The van der Waals surface area contributed by atoms with Crippen molar-refractivity contribution in [2.45, 2.75) is 25.7 Å². The molecule has 0 unspecified atom stereocenters. The topological polar surface area (TPSA) is 3.24 Å². The van der Waals surface area contributed by atoms with Crippen LogP contribution in [0.5, 0.6) is 0 Å². The Morgan fingerprint density at radius 3 is 2.58 bits per heavy atom. The summed E-state index contributed by atoms with van der Waals surface area (Å²) >= 11 is 0. The second kappa shape index (κ2) is 6.60. The van der Waals surface area contributed by atoms with E-state index in [-0.39, 0.29) is 0 Å². The summed E-state index contributed by atoms with van der Waals surface area (Å²) in [5.41, 5.74) is 2.77. The van der Waals surface area contributed by atoms with Crippen molar-refractivity contribution in [3.05, 3.63) is 60.3 Å². The van der Waals surface area contributed by atoms with E-state index in [9.17, 15) is 0 Å². The Kier molecular flexibility index (Phi) is 4.84. The standard InChI is InChI=1S/C18H25N/c1-15(11-12-19(2)3)18-13-17(14-18)10-9-16-7-5-4-6-8-16/h4-8,11-12,17-18H,1,9-10,13-14H2,2-3H3/b12-11+. The molecular formula is C18H25N. The van der Waals surface area contributed by atoms with Crippen molar-refractivity contribution in [2.24, 2.45) is 11.8 Å². The van der Waals surface area contributed by atoms with Gasteiger partial charge in [-0.05, 0) is 55.4 Å². The number of aryl methyl sites for hydroxylation is 1. The van der Waals surface area contributed by atoms with Crippen molar-refractivity contribution < 1.29 is 0 Å². The van der Waals surface area contributed by atoms with E-state index < -0.39 is 0 Å². The lowest BCUT2D eigenvalue weighted by Crippen LogP contribution is -2.25. The lowest BCUT2D eigenvalue weighted by molar-refractivity contribution is 0.218. The molecule has 2 rings (SSSR count). The van der Waals surface area contributed by atoms with Gasteiger partial charge in [0.2, 0.25) is 0 Å². The van der Waals surface area contributed by atoms with Gasteiger partial charge >= 0.3 is 0 Å². The van der Waals surface area contributed by atoms with Gasteiger partial charge in [-0.3, -0.25) is 0 Å². The zero-order valence-corrected chi connectivity index (χ0v) is 12.2. The van der Waals surface area contributed by atoms with E-state index in [1.54, 1.807) is 0 Å². The Bertz CT molecular complexity index is 424. The predicted molar refractivity (Wildman–Crippen MR) is 82.9 cm³/mol. The second-order valence-corrected chi connectivity index (χ2v) is 5.91. The molecule has 1 heteroatoms. The van der Waals surface area contributed by atoms with Crippen LogP contribution in [0.3, 0.4) is 0 Å². The molecule has 0 radical (unpaired) electrons. The van der Waals surface area contributed by atoms with Crippen LogP contribution in [0, 0.1) is 11.8 Å². The quantitative estimate of drug-likeness (QED) is 0.686. The highest BCUT2D eigenvalue weighted by atomic mass is 15.0. The van der Waals surface area contributed by atoms with Gasteiger partial charge in [0.15, 0.2) is 0 Å². The van der Waals surface area contributed by atoms with Crippen molar-refractivity contribution in [1.82, 2.24) is 4.90 Å². The van der Waals surface area contributed by atoms with Gasteiger partial charge in [0.1, 0.15) is 0 Å². The molecule has 0 aromatic heterocycles. The van der Waals surface area contributed by atoms with E-state index in [4.69, 9.17) is 0 Å². The van der Waals surface area contributed by atoms with Gasteiger partial charge in [0.25, 0.3) is 0 Å². The number of allylic oxidation sites excluding steroid dienone is 2. The molecule has 102 valence electrons. The van der Waals surface area contributed by atoms with Crippen molar-refractivity contribution in [3.63, 3.8) is 0 Å². The van der Waals surface area contributed by atoms with Gasteiger partial charge < -0.3 is 4.90 Å². The molecule has 1 fully saturated rings. The van der Waals surface area contributed by atoms with Crippen LogP contribution < -0.4 is 0 Å². The SMILES string of the molecule is C=C(/C=C/N(C)C)C1CC(CCc2ccccc2)C1. The van der Waals surface area contributed by atoms with E-state index in [1.807, 2.05) is 14.1 Å². The Labute approximate surface area is 117 Å². The van der Waals surface area contributed by atoms with Crippen molar-refractivity contribution >= 4 is 0 Å². The van der Waals surface area contributed by atoms with E-state index in [0.29, 0.717) is 0 Å². The smallest absolute Gasteiger partial charge is 0.00556 e. The number of benzene rings is 1. The van der Waals surface area contributed by atoms with Crippen LogP contribution in [-0.4, -0.2) is 19.0 Å². The van der Waals surface area contributed by atoms with Gasteiger partial charge in [-0.25, -0.2) is 0 Å². The first-order valence-electron chi connectivity index (χ1n) is 7.22.